The van der Waals surface area contributed by atoms with Crippen molar-refractivity contribution in [2.45, 2.75) is 24.7 Å². The van der Waals surface area contributed by atoms with Crippen LogP contribution in [0.1, 0.15) is 19.8 Å². The third-order valence-corrected chi connectivity index (χ3v) is 5.87. The summed E-state index contributed by atoms with van der Waals surface area (Å²) in [6.07, 6.45) is 1.16. The Balaban J connectivity index is 1.39. The van der Waals surface area contributed by atoms with E-state index in [0.29, 0.717) is 32.5 Å². The Morgan fingerprint density at radius 2 is 1.76 bits per heavy atom. The maximum Gasteiger partial charge on any atom is 0.316 e. The lowest BCUT2D eigenvalue weighted by atomic mass is 9.97. The zero-order valence-corrected chi connectivity index (χ0v) is 17.3. The zero-order chi connectivity index (χ0) is 20.6. The molecule has 0 aromatic heterocycles. The number of hydrogen-bond donors (Lipinski definition) is 0. The molecule has 154 valence electrons. The summed E-state index contributed by atoms with van der Waals surface area (Å²) in [4.78, 5) is 38.6. The van der Waals surface area contributed by atoms with Gasteiger partial charge in [0.15, 0.2) is 6.61 Å². The molecule has 0 atom stereocenters. The summed E-state index contributed by atoms with van der Waals surface area (Å²) in [6.45, 7) is 2.84. The van der Waals surface area contributed by atoms with E-state index >= 15 is 0 Å². The molecule has 0 spiro atoms. The first-order valence-electron chi connectivity index (χ1n) is 9.78. The van der Waals surface area contributed by atoms with E-state index in [1.807, 2.05) is 42.5 Å². The van der Waals surface area contributed by atoms with Crippen molar-refractivity contribution in [3.05, 3.63) is 42.5 Å². The molecule has 1 amide bonds. The fourth-order valence-electron chi connectivity index (χ4n) is 3.30. The highest BCUT2D eigenvalue weighted by molar-refractivity contribution is 8.00. The molecule has 7 heteroatoms. The van der Waals surface area contributed by atoms with Crippen LogP contribution in [0, 0.1) is 5.92 Å². The molecule has 3 rings (SSSR count). The minimum absolute atomic E-state index is 0.149. The summed E-state index contributed by atoms with van der Waals surface area (Å²) < 4.78 is 10.2. The lowest BCUT2D eigenvalue weighted by Crippen LogP contribution is -2.42. The molecule has 1 aliphatic heterocycles. The Morgan fingerprint density at radius 3 is 2.48 bits per heavy atom. The van der Waals surface area contributed by atoms with Crippen molar-refractivity contribution in [1.82, 2.24) is 4.90 Å². The number of likely N-dealkylation sites (tertiary alicyclic amines) is 1. The number of nitrogens with zero attached hydrogens (tertiary/aromatic N) is 1. The van der Waals surface area contributed by atoms with E-state index in [1.165, 1.54) is 11.8 Å². The second kappa shape index (κ2) is 10.3. The van der Waals surface area contributed by atoms with Crippen LogP contribution < -0.4 is 0 Å². The fourth-order valence-corrected chi connectivity index (χ4v) is 4.04. The lowest BCUT2D eigenvalue weighted by Gasteiger charge is -2.30. The molecule has 0 unspecified atom stereocenters. The van der Waals surface area contributed by atoms with Crippen molar-refractivity contribution < 1.29 is 23.9 Å². The Bertz CT molecular complexity index is 876. The number of carbonyl (C=O) groups is 3. The monoisotopic (exact) mass is 415 g/mol. The van der Waals surface area contributed by atoms with E-state index in [4.69, 9.17) is 9.47 Å². The summed E-state index contributed by atoms with van der Waals surface area (Å²) in [7, 11) is 0. The van der Waals surface area contributed by atoms with Gasteiger partial charge in [0.1, 0.15) is 0 Å². The number of ether oxygens (including phenoxy) is 2. The van der Waals surface area contributed by atoms with Crippen LogP contribution in [-0.2, 0) is 23.9 Å². The highest BCUT2D eigenvalue weighted by Gasteiger charge is 2.28. The van der Waals surface area contributed by atoms with Crippen molar-refractivity contribution in [2.24, 2.45) is 5.92 Å². The smallest absolute Gasteiger partial charge is 0.316 e. The molecule has 0 aliphatic carbocycles. The molecule has 0 saturated carbocycles. The molecule has 6 nitrogen and oxygen atoms in total. The van der Waals surface area contributed by atoms with E-state index in [0.717, 1.165) is 15.7 Å². The van der Waals surface area contributed by atoms with Crippen LogP contribution in [0.2, 0.25) is 0 Å². The maximum atomic E-state index is 12.3. The van der Waals surface area contributed by atoms with Crippen molar-refractivity contribution in [1.29, 1.82) is 0 Å². The maximum absolute atomic E-state index is 12.3. The SMILES string of the molecule is CCOC(=O)C1CCN(C(=O)COC(=O)CSc2ccc3ccccc3c2)CC1. The van der Waals surface area contributed by atoms with Gasteiger partial charge in [0, 0.05) is 18.0 Å². The summed E-state index contributed by atoms with van der Waals surface area (Å²) >= 11 is 1.39. The Kier molecular flexibility index (Phi) is 7.52. The Labute approximate surface area is 174 Å². The van der Waals surface area contributed by atoms with Crippen molar-refractivity contribution >= 4 is 40.4 Å². The van der Waals surface area contributed by atoms with E-state index in [-0.39, 0.29) is 30.2 Å². The number of carbonyl (C=O) groups excluding carboxylic acids is 3. The van der Waals surface area contributed by atoms with Crippen LogP contribution in [0.4, 0.5) is 0 Å². The topological polar surface area (TPSA) is 72.9 Å². The Hall–Kier alpha value is -2.54. The molecule has 1 fully saturated rings. The minimum Gasteiger partial charge on any atom is -0.466 e. The molecule has 1 aliphatic rings. The van der Waals surface area contributed by atoms with Crippen LogP contribution >= 0.6 is 11.8 Å². The van der Waals surface area contributed by atoms with Crippen LogP contribution in [0.3, 0.4) is 0 Å². The van der Waals surface area contributed by atoms with E-state index in [9.17, 15) is 14.4 Å². The molecule has 29 heavy (non-hydrogen) atoms. The summed E-state index contributed by atoms with van der Waals surface area (Å²) in [5.41, 5.74) is 0. The number of benzene rings is 2. The number of hydrogen-bond acceptors (Lipinski definition) is 6. The quantitative estimate of drug-likeness (QED) is 0.510. The first kappa shape index (κ1) is 21.2. The number of thioether (sulfide) groups is 1. The van der Waals surface area contributed by atoms with Crippen molar-refractivity contribution in [3.63, 3.8) is 0 Å². The molecule has 0 N–H and O–H groups in total. The predicted octanol–water partition coefficient (Wildman–Crippen LogP) is 3.28. The first-order valence-corrected chi connectivity index (χ1v) is 10.8. The summed E-state index contributed by atoms with van der Waals surface area (Å²) in [5, 5.41) is 2.27. The summed E-state index contributed by atoms with van der Waals surface area (Å²) in [6, 6.07) is 14.1. The summed E-state index contributed by atoms with van der Waals surface area (Å²) in [5.74, 6) is -0.845. The number of amides is 1. The molecule has 1 heterocycles. The Morgan fingerprint density at radius 1 is 1.03 bits per heavy atom. The van der Waals surface area contributed by atoms with Gasteiger partial charge in [0.05, 0.1) is 18.3 Å². The van der Waals surface area contributed by atoms with E-state index in [1.54, 1.807) is 11.8 Å². The van der Waals surface area contributed by atoms with Gasteiger partial charge in [0.25, 0.3) is 5.91 Å². The average molecular weight is 416 g/mol. The standard InChI is InChI=1S/C22H25NO5S/c1-2-27-22(26)17-9-11-23(12-10-17)20(24)14-28-21(25)15-29-19-8-7-16-5-3-4-6-18(16)13-19/h3-8,13,17H,2,9-12,14-15H2,1H3. The van der Waals surface area contributed by atoms with Crippen molar-refractivity contribution in [3.8, 4) is 0 Å². The van der Waals surface area contributed by atoms with Crippen LogP contribution in [0.15, 0.2) is 47.4 Å². The molecule has 0 radical (unpaired) electrons. The zero-order valence-electron chi connectivity index (χ0n) is 16.5. The van der Waals surface area contributed by atoms with Gasteiger partial charge in [-0.1, -0.05) is 30.3 Å². The van der Waals surface area contributed by atoms with Gasteiger partial charge in [-0.25, -0.2) is 0 Å². The molecule has 1 saturated heterocycles. The van der Waals surface area contributed by atoms with Crippen molar-refractivity contribution in [2.75, 3.05) is 32.1 Å². The molecule has 0 bridgehead atoms. The van der Waals surface area contributed by atoms with Crippen LogP contribution in [-0.4, -0.2) is 54.8 Å². The van der Waals surface area contributed by atoms with Gasteiger partial charge in [-0.15, -0.1) is 11.8 Å². The van der Waals surface area contributed by atoms with Gasteiger partial charge < -0.3 is 14.4 Å². The van der Waals surface area contributed by atoms with Gasteiger partial charge in [-0.05, 0) is 42.7 Å². The highest BCUT2D eigenvalue weighted by Crippen LogP contribution is 2.24. The van der Waals surface area contributed by atoms with Crippen LogP contribution in [0.25, 0.3) is 10.8 Å². The third-order valence-electron chi connectivity index (χ3n) is 4.90. The van der Waals surface area contributed by atoms with Gasteiger partial charge >= 0.3 is 11.9 Å². The molecule has 2 aromatic carbocycles. The highest BCUT2D eigenvalue weighted by atomic mass is 32.2. The van der Waals surface area contributed by atoms with E-state index in [2.05, 4.69) is 0 Å². The normalized spacial score (nSPS) is 14.6. The number of rotatable bonds is 7. The largest absolute Gasteiger partial charge is 0.466 e. The van der Waals surface area contributed by atoms with Crippen LogP contribution in [0.5, 0.6) is 0 Å². The minimum atomic E-state index is -0.419. The van der Waals surface area contributed by atoms with Gasteiger partial charge in [0.2, 0.25) is 0 Å². The molecular formula is C22H25NO5S. The molecule has 2 aromatic rings. The second-order valence-electron chi connectivity index (χ2n) is 6.87. The lowest BCUT2D eigenvalue weighted by molar-refractivity contribution is -0.153. The third kappa shape index (κ3) is 5.97. The number of piperidine rings is 1. The number of esters is 2. The molecular weight excluding hydrogens is 390 g/mol. The first-order chi connectivity index (χ1) is 14.1. The van der Waals surface area contributed by atoms with Gasteiger partial charge in [-0.3, -0.25) is 14.4 Å². The van der Waals surface area contributed by atoms with Gasteiger partial charge in [-0.2, -0.15) is 0 Å². The second-order valence-corrected chi connectivity index (χ2v) is 7.91. The van der Waals surface area contributed by atoms with E-state index < -0.39 is 5.97 Å². The predicted molar refractivity (Wildman–Crippen MR) is 112 cm³/mol. The number of fused-ring (bicyclic) bond motifs is 1. The fraction of sp³-hybridized carbons (Fsp3) is 0.409. The average Bonchev–Trinajstić information content (AvgIpc) is 2.76.